The monoisotopic (exact) mass is 431 g/mol. The van der Waals surface area contributed by atoms with Crippen LogP contribution in [0.3, 0.4) is 0 Å². The smallest absolute Gasteiger partial charge is 0.410 e. The third-order valence-electron chi connectivity index (χ3n) is 4.62. The van der Waals surface area contributed by atoms with Crippen LogP contribution in [0.4, 0.5) is 4.79 Å². The first-order valence-corrected chi connectivity index (χ1v) is 11.5. The molecule has 2 aromatic heterocycles. The van der Waals surface area contributed by atoms with Crippen molar-refractivity contribution in [1.82, 2.24) is 24.7 Å². The van der Waals surface area contributed by atoms with Crippen LogP contribution in [0.2, 0.25) is 0 Å². The number of thioether (sulfide) groups is 1. The van der Waals surface area contributed by atoms with Gasteiger partial charge < -0.3 is 4.74 Å². The first-order valence-electron chi connectivity index (χ1n) is 9.70. The molecule has 0 radical (unpaired) electrons. The van der Waals surface area contributed by atoms with Crippen LogP contribution in [0.25, 0.3) is 4.96 Å². The summed E-state index contributed by atoms with van der Waals surface area (Å²) in [6, 6.07) is 8.34. The van der Waals surface area contributed by atoms with E-state index in [0.29, 0.717) is 12.4 Å². The van der Waals surface area contributed by atoms with Gasteiger partial charge in [0.1, 0.15) is 5.60 Å². The molecule has 1 amide bonds. The van der Waals surface area contributed by atoms with Crippen LogP contribution < -0.4 is 0 Å². The number of fused-ring (bicyclic) bond motifs is 1. The lowest BCUT2D eigenvalue weighted by Crippen LogP contribution is -2.37. The van der Waals surface area contributed by atoms with E-state index in [2.05, 4.69) is 41.4 Å². The molecule has 1 aliphatic heterocycles. The minimum Gasteiger partial charge on any atom is -0.444 e. The number of hydrogen-bond donors (Lipinski definition) is 0. The Bertz CT molecular complexity index is 1020. The van der Waals surface area contributed by atoms with E-state index in [1.807, 2.05) is 20.8 Å². The third-order valence-corrected chi connectivity index (χ3v) is 6.72. The summed E-state index contributed by atoms with van der Waals surface area (Å²) in [6.45, 7) is 8.39. The molecular weight excluding hydrogens is 406 g/mol. The molecule has 0 N–H and O–H groups in total. The fourth-order valence-corrected chi connectivity index (χ4v) is 5.23. The maximum absolute atomic E-state index is 12.6. The number of carbonyl (C=O) groups is 1. The van der Waals surface area contributed by atoms with Gasteiger partial charge in [0.25, 0.3) is 0 Å². The molecule has 7 nitrogen and oxygen atoms in total. The highest BCUT2D eigenvalue weighted by molar-refractivity contribution is 8.00. The predicted octanol–water partition coefficient (Wildman–Crippen LogP) is 4.86. The molecule has 1 aromatic carbocycles. The Labute approximate surface area is 178 Å². The molecule has 0 aliphatic carbocycles. The van der Waals surface area contributed by atoms with E-state index < -0.39 is 5.60 Å². The van der Waals surface area contributed by atoms with Gasteiger partial charge in [-0.3, -0.25) is 4.90 Å². The van der Waals surface area contributed by atoms with E-state index in [4.69, 9.17) is 9.84 Å². The second-order valence-electron chi connectivity index (χ2n) is 8.23. The first-order chi connectivity index (χ1) is 13.8. The second kappa shape index (κ2) is 7.95. The van der Waals surface area contributed by atoms with Crippen LogP contribution in [-0.2, 0) is 10.5 Å². The number of likely N-dealkylation sites (tertiary alicyclic amines) is 1. The second-order valence-corrected chi connectivity index (χ2v) is 10.4. The van der Waals surface area contributed by atoms with Gasteiger partial charge in [-0.1, -0.05) is 52.9 Å². The van der Waals surface area contributed by atoms with Crippen molar-refractivity contribution in [2.75, 3.05) is 6.54 Å². The Hall–Kier alpha value is -2.13. The highest BCUT2D eigenvalue weighted by atomic mass is 32.2. The number of aromatic nitrogens is 4. The van der Waals surface area contributed by atoms with Crippen molar-refractivity contribution >= 4 is 34.2 Å². The first kappa shape index (κ1) is 20.2. The SMILES string of the molecule is Cc1cccc(CSc2nn3c(C4CCCN4C(=O)OC(C)(C)C)nnc3s2)c1. The molecule has 3 heterocycles. The molecule has 1 unspecified atom stereocenters. The molecule has 3 aromatic rings. The highest BCUT2D eigenvalue weighted by Crippen LogP contribution is 2.34. The summed E-state index contributed by atoms with van der Waals surface area (Å²) in [7, 11) is 0. The van der Waals surface area contributed by atoms with Gasteiger partial charge in [-0.05, 0) is 46.1 Å². The Balaban J connectivity index is 1.51. The van der Waals surface area contributed by atoms with Gasteiger partial charge in [-0.25, -0.2) is 4.79 Å². The fraction of sp³-hybridized carbons (Fsp3) is 0.500. The summed E-state index contributed by atoms with van der Waals surface area (Å²) in [6.07, 6.45) is 1.45. The maximum atomic E-state index is 12.6. The largest absolute Gasteiger partial charge is 0.444 e. The van der Waals surface area contributed by atoms with E-state index in [-0.39, 0.29) is 12.1 Å². The number of amides is 1. The molecule has 154 valence electrons. The van der Waals surface area contributed by atoms with Gasteiger partial charge in [0.05, 0.1) is 6.04 Å². The highest BCUT2D eigenvalue weighted by Gasteiger charge is 2.36. The lowest BCUT2D eigenvalue weighted by molar-refractivity contribution is 0.0217. The zero-order chi connectivity index (χ0) is 20.6. The van der Waals surface area contributed by atoms with Crippen molar-refractivity contribution < 1.29 is 9.53 Å². The average Bonchev–Trinajstić information content (AvgIpc) is 3.33. The van der Waals surface area contributed by atoms with Crippen LogP contribution in [0.5, 0.6) is 0 Å². The molecule has 1 saturated heterocycles. The summed E-state index contributed by atoms with van der Waals surface area (Å²) in [4.78, 5) is 15.1. The number of nitrogens with zero attached hydrogens (tertiary/aromatic N) is 5. The van der Waals surface area contributed by atoms with Gasteiger partial charge >= 0.3 is 6.09 Å². The predicted molar refractivity (Wildman–Crippen MR) is 114 cm³/mol. The number of aryl methyl sites for hydroxylation is 1. The lowest BCUT2D eigenvalue weighted by atomic mass is 10.2. The summed E-state index contributed by atoms with van der Waals surface area (Å²) >= 11 is 3.22. The standard InChI is InChI=1S/C20H25N5O2S2/c1-13-7-5-8-14(11-13)12-28-18-23-25-16(21-22-17(25)29-18)15-9-6-10-24(15)19(26)27-20(2,3)4/h5,7-8,11,15H,6,9-10,12H2,1-4H3. The Morgan fingerprint density at radius 3 is 2.93 bits per heavy atom. The van der Waals surface area contributed by atoms with Gasteiger partial charge in [0.2, 0.25) is 4.96 Å². The minimum absolute atomic E-state index is 0.156. The number of ether oxygens (including phenoxy) is 1. The van der Waals surface area contributed by atoms with Crippen molar-refractivity contribution in [2.45, 2.75) is 62.3 Å². The molecule has 1 fully saturated rings. The van der Waals surface area contributed by atoms with Crippen molar-refractivity contribution in [3.8, 4) is 0 Å². The van der Waals surface area contributed by atoms with Crippen molar-refractivity contribution in [3.63, 3.8) is 0 Å². The van der Waals surface area contributed by atoms with Crippen LogP contribution >= 0.6 is 23.1 Å². The molecule has 29 heavy (non-hydrogen) atoms. The molecule has 0 spiro atoms. The maximum Gasteiger partial charge on any atom is 0.410 e. The third kappa shape index (κ3) is 4.56. The quantitative estimate of drug-likeness (QED) is 0.550. The summed E-state index contributed by atoms with van der Waals surface area (Å²) in [5.41, 5.74) is 2.00. The summed E-state index contributed by atoms with van der Waals surface area (Å²) in [5.74, 6) is 1.57. The molecule has 1 aliphatic rings. The normalized spacial score (nSPS) is 17.2. The van der Waals surface area contributed by atoms with E-state index in [0.717, 1.165) is 27.9 Å². The van der Waals surface area contributed by atoms with Gasteiger partial charge in [-0.15, -0.1) is 15.3 Å². The molecule has 4 rings (SSSR count). The number of benzene rings is 1. The minimum atomic E-state index is -0.523. The van der Waals surface area contributed by atoms with Crippen LogP contribution in [0, 0.1) is 6.92 Å². The summed E-state index contributed by atoms with van der Waals surface area (Å²) in [5, 5.41) is 13.4. The Kier molecular flexibility index (Phi) is 5.52. The van der Waals surface area contributed by atoms with E-state index in [1.165, 1.54) is 22.5 Å². The summed E-state index contributed by atoms with van der Waals surface area (Å²) < 4.78 is 8.30. The number of carbonyl (C=O) groups excluding carboxylic acids is 1. The molecule has 0 saturated carbocycles. The van der Waals surface area contributed by atoms with Gasteiger partial charge in [-0.2, -0.15) is 4.52 Å². The zero-order valence-corrected chi connectivity index (χ0v) is 18.7. The number of rotatable bonds is 4. The van der Waals surface area contributed by atoms with Crippen molar-refractivity contribution in [3.05, 3.63) is 41.2 Å². The average molecular weight is 432 g/mol. The van der Waals surface area contributed by atoms with Gasteiger partial charge in [0, 0.05) is 12.3 Å². The fourth-order valence-electron chi connectivity index (χ4n) is 3.40. The van der Waals surface area contributed by atoms with E-state index in [9.17, 15) is 4.79 Å². The molecule has 1 atom stereocenters. The van der Waals surface area contributed by atoms with Gasteiger partial charge in [0.15, 0.2) is 10.2 Å². The van der Waals surface area contributed by atoms with Crippen LogP contribution in [0.15, 0.2) is 28.6 Å². The van der Waals surface area contributed by atoms with Crippen molar-refractivity contribution in [2.24, 2.45) is 0 Å². The Morgan fingerprint density at radius 2 is 2.17 bits per heavy atom. The van der Waals surface area contributed by atoms with Crippen molar-refractivity contribution in [1.29, 1.82) is 0 Å². The van der Waals surface area contributed by atoms with E-state index >= 15 is 0 Å². The molecular formula is C20H25N5O2S2. The lowest BCUT2D eigenvalue weighted by Gasteiger charge is -2.27. The van der Waals surface area contributed by atoms with Crippen LogP contribution in [0.1, 0.15) is 56.6 Å². The number of hydrogen-bond acceptors (Lipinski definition) is 7. The van der Waals surface area contributed by atoms with E-state index in [1.54, 1.807) is 21.2 Å². The van der Waals surface area contributed by atoms with Crippen LogP contribution in [-0.4, -0.2) is 43.0 Å². The zero-order valence-electron chi connectivity index (χ0n) is 17.1. The Morgan fingerprint density at radius 1 is 1.34 bits per heavy atom. The molecule has 9 heteroatoms. The molecule has 0 bridgehead atoms. The topological polar surface area (TPSA) is 72.6 Å².